The van der Waals surface area contributed by atoms with Crippen LogP contribution in [0.2, 0.25) is 0 Å². The van der Waals surface area contributed by atoms with Crippen molar-refractivity contribution >= 4 is 0 Å². The molecule has 1 unspecified atom stereocenters. The van der Waals surface area contributed by atoms with Crippen molar-refractivity contribution in [3.05, 3.63) is 12.7 Å². The Kier molecular flexibility index (Phi) is 2.41. The molecule has 0 aliphatic heterocycles. The molecule has 1 heterocycles. The molecule has 0 aliphatic carbocycles. The zero-order chi connectivity index (χ0) is 9.03. The maximum atomic E-state index is 9.30. The van der Waals surface area contributed by atoms with Crippen LogP contribution in [0.25, 0.3) is 0 Å². The molecule has 1 aromatic rings. The van der Waals surface area contributed by atoms with E-state index in [1.54, 1.807) is 17.1 Å². The van der Waals surface area contributed by atoms with Crippen LogP contribution in [-0.4, -0.2) is 25.5 Å². The van der Waals surface area contributed by atoms with Crippen molar-refractivity contribution in [2.45, 2.75) is 25.5 Å². The van der Waals surface area contributed by atoms with Crippen molar-refractivity contribution in [1.82, 2.24) is 14.8 Å². The lowest BCUT2D eigenvalue weighted by Gasteiger charge is -2.12. The summed E-state index contributed by atoms with van der Waals surface area (Å²) in [5.41, 5.74) is -1.27. The quantitative estimate of drug-likeness (QED) is 0.638. The average molecular weight is 166 g/mol. The molecule has 0 saturated heterocycles. The van der Waals surface area contributed by atoms with Gasteiger partial charge < -0.3 is 5.11 Å². The van der Waals surface area contributed by atoms with Crippen molar-refractivity contribution in [3.8, 4) is 6.07 Å². The molecule has 0 saturated carbocycles. The van der Waals surface area contributed by atoms with Crippen LogP contribution in [0.5, 0.6) is 0 Å². The Labute approximate surface area is 70.3 Å². The van der Waals surface area contributed by atoms with Crippen molar-refractivity contribution < 1.29 is 5.11 Å². The fraction of sp³-hybridized carbons (Fsp3) is 0.571. The topological polar surface area (TPSA) is 74.7 Å². The Bertz CT molecular complexity index is 272. The smallest absolute Gasteiger partial charge is 0.150 e. The fourth-order valence-corrected chi connectivity index (χ4v) is 0.736. The Balaban J connectivity index is 2.42. The normalized spacial score (nSPS) is 15.1. The number of hydrogen-bond acceptors (Lipinski definition) is 4. The summed E-state index contributed by atoms with van der Waals surface area (Å²) in [5, 5.41) is 21.6. The fourth-order valence-electron chi connectivity index (χ4n) is 0.736. The monoisotopic (exact) mass is 166 g/mol. The lowest BCUT2D eigenvalue weighted by molar-refractivity contribution is 0.103. The molecule has 64 valence electrons. The summed E-state index contributed by atoms with van der Waals surface area (Å²) in [7, 11) is 0. The third-order valence-electron chi connectivity index (χ3n) is 1.54. The first kappa shape index (κ1) is 8.68. The predicted molar refractivity (Wildman–Crippen MR) is 40.9 cm³/mol. The molecule has 0 spiro atoms. The summed E-state index contributed by atoms with van der Waals surface area (Å²) in [6.45, 7) is 1.98. The van der Waals surface area contributed by atoms with Crippen LogP contribution in [0.15, 0.2) is 12.7 Å². The van der Waals surface area contributed by atoms with E-state index >= 15 is 0 Å². The van der Waals surface area contributed by atoms with Gasteiger partial charge in [0, 0.05) is 13.0 Å². The molecule has 1 rings (SSSR count). The molecule has 5 nitrogen and oxygen atoms in total. The van der Waals surface area contributed by atoms with Gasteiger partial charge in [-0.15, -0.1) is 0 Å². The van der Waals surface area contributed by atoms with Crippen molar-refractivity contribution in [2.75, 3.05) is 0 Å². The van der Waals surface area contributed by atoms with Crippen LogP contribution in [0, 0.1) is 11.3 Å². The largest absolute Gasteiger partial charge is 0.376 e. The van der Waals surface area contributed by atoms with Gasteiger partial charge in [-0.1, -0.05) is 0 Å². The number of nitriles is 1. The summed E-state index contributed by atoms with van der Waals surface area (Å²) in [5.74, 6) is 0. The van der Waals surface area contributed by atoms with E-state index in [0.717, 1.165) is 0 Å². The van der Waals surface area contributed by atoms with E-state index in [4.69, 9.17) is 5.26 Å². The number of aliphatic hydroxyl groups is 1. The van der Waals surface area contributed by atoms with Gasteiger partial charge in [-0.05, 0) is 6.92 Å². The lowest BCUT2D eigenvalue weighted by atomic mass is 10.1. The van der Waals surface area contributed by atoms with Crippen molar-refractivity contribution in [3.63, 3.8) is 0 Å². The highest BCUT2D eigenvalue weighted by molar-refractivity contribution is 4.95. The minimum absolute atomic E-state index is 0.354. The molecule has 1 N–H and O–H groups in total. The van der Waals surface area contributed by atoms with Crippen molar-refractivity contribution in [1.29, 1.82) is 5.26 Å². The van der Waals surface area contributed by atoms with Gasteiger partial charge in [0.1, 0.15) is 18.3 Å². The van der Waals surface area contributed by atoms with Gasteiger partial charge in [0.2, 0.25) is 0 Å². The molecule has 1 aromatic heterocycles. The minimum atomic E-state index is -1.27. The highest BCUT2D eigenvalue weighted by Gasteiger charge is 2.18. The summed E-state index contributed by atoms with van der Waals surface area (Å²) in [6.07, 6.45) is 3.32. The SMILES string of the molecule is CC(O)(C#N)CCn1cncn1. The first-order valence-corrected chi connectivity index (χ1v) is 3.60. The first-order chi connectivity index (χ1) is 5.64. The maximum Gasteiger partial charge on any atom is 0.150 e. The molecule has 0 aliphatic rings. The third-order valence-corrected chi connectivity index (χ3v) is 1.54. The standard InChI is InChI=1S/C7H10N4O/c1-7(12,4-8)2-3-11-6-9-5-10-11/h5-6,12H,2-3H2,1H3. The molecule has 0 fully saturated rings. The number of aromatic nitrogens is 3. The highest BCUT2D eigenvalue weighted by Crippen LogP contribution is 2.07. The molecule has 0 bridgehead atoms. The second kappa shape index (κ2) is 3.32. The molecular weight excluding hydrogens is 156 g/mol. The summed E-state index contributed by atoms with van der Waals surface area (Å²) in [6, 6.07) is 1.80. The third kappa shape index (κ3) is 2.32. The van der Waals surface area contributed by atoms with Gasteiger partial charge in [-0.3, -0.25) is 4.68 Å². The molecule has 12 heavy (non-hydrogen) atoms. The number of nitrogens with zero attached hydrogens (tertiary/aromatic N) is 4. The van der Waals surface area contributed by atoms with Crippen LogP contribution in [0.3, 0.4) is 0 Å². The number of rotatable bonds is 3. The van der Waals surface area contributed by atoms with E-state index in [9.17, 15) is 5.11 Å². The van der Waals surface area contributed by atoms with Crippen LogP contribution in [0.1, 0.15) is 13.3 Å². The molecule has 0 radical (unpaired) electrons. The molecule has 0 amide bonds. The van der Waals surface area contributed by atoms with E-state index in [0.29, 0.717) is 13.0 Å². The van der Waals surface area contributed by atoms with Gasteiger partial charge in [0.15, 0.2) is 0 Å². The molecule has 5 heteroatoms. The maximum absolute atomic E-state index is 9.30. The van der Waals surface area contributed by atoms with Crippen molar-refractivity contribution in [2.24, 2.45) is 0 Å². The van der Waals surface area contributed by atoms with Gasteiger partial charge >= 0.3 is 0 Å². The zero-order valence-corrected chi connectivity index (χ0v) is 6.80. The second-order valence-corrected chi connectivity index (χ2v) is 2.79. The lowest BCUT2D eigenvalue weighted by Crippen LogP contribution is -2.23. The van der Waals surface area contributed by atoms with E-state index in [1.807, 2.05) is 0 Å². The van der Waals surface area contributed by atoms with Crippen LogP contribution in [-0.2, 0) is 6.54 Å². The molecule has 0 aromatic carbocycles. The molecule has 1 atom stereocenters. The Morgan fingerprint density at radius 2 is 2.50 bits per heavy atom. The summed E-state index contributed by atoms with van der Waals surface area (Å²) < 4.78 is 1.58. The van der Waals surface area contributed by atoms with E-state index in [1.165, 1.54) is 13.3 Å². The minimum Gasteiger partial charge on any atom is -0.376 e. The second-order valence-electron chi connectivity index (χ2n) is 2.79. The zero-order valence-electron chi connectivity index (χ0n) is 6.80. The highest BCUT2D eigenvalue weighted by atomic mass is 16.3. The Hall–Kier alpha value is -1.41. The van der Waals surface area contributed by atoms with E-state index in [-0.39, 0.29) is 0 Å². The van der Waals surface area contributed by atoms with Crippen LogP contribution >= 0.6 is 0 Å². The van der Waals surface area contributed by atoms with Gasteiger partial charge in [0.25, 0.3) is 0 Å². The predicted octanol–water partition coefficient (Wildman–Crippen LogP) is -0.0572. The first-order valence-electron chi connectivity index (χ1n) is 3.60. The molecular formula is C7H10N4O. The van der Waals surface area contributed by atoms with Crippen LogP contribution in [0.4, 0.5) is 0 Å². The van der Waals surface area contributed by atoms with Crippen LogP contribution < -0.4 is 0 Å². The van der Waals surface area contributed by atoms with E-state index in [2.05, 4.69) is 10.1 Å². The Morgan fingerprint density at radius 3 is 3.00 bits per heavy atom. The average Bonchev–Trinajstić information content (AvgIpc) is 2.53. The Morgan fingerprint density at radius 1 is 1.75 bits per heavy atom. The van der Waals surface area contributed by atoms with Gasteiger partial charge in [-0.2, -0.15) is 10.4 Å². The van der Waals surface area contributed by atoms with Gasteiger partial charge in [0.05, 0.1) is 6.07 Å². The number of hydrogen-bond donors (Lipinski definition) is 1. The van der Waals surface area contributed by atoms with Gasteiger partial charge in [-0.25, -0.2) is 4.98 Å². The van der Waals surface area contributed by atoms with E-state index < -0.39 is 5.60 Å². The summed E-state index contributed by atoms with van der Waals surface area (Å²) >= 11 is 0. The number of aryl methyl sites for hydroxylation is 1. The summed E-state index contributed by atoms with van der Waals surface area (Å²) in [4.78, 5) is 3.74.